The lowest BCUT2D eigenvalue weighted by molar-refractivity contribution is 0.299. The van der Waals surface area contributed by atoms with Crippen molar-refractivity contribution in [2.75, 3.05) is 50.2 Å². The van der Waals surface area contributed by atoms with Crippen molar-refractivity contribution < 1.29 is 18.9 Å². The molecule has 92 heavy (non-hydrogen) atoms. The average molecular weight is 1230 g/mol. The van der Waals surface area contributed by atoms with Crippen LogP contribution in [-0.4, -0.2) is 49.5 Å². The largest absolute Gasteiger partial charge is 0.493 e. The van der Waals surface area contributed by atoms with E-state index in [9.17, 15) is 0 Å². The number of fused-ring (bicyclic) bond motifs is 12. The Morgan fingerprint density at radius 3 is 0.772 bits per heavy atom. The first-order valence-electron chi connectivity index (χ1n) is 34.2. The van der Waals surface area contributed by atoms with Crippen LogP contribution in [0.4, 0.5) is 11.4 Å². The summed E-state index contributed by atoms with van der Waals surface area (Å²) in [5, 5.41) is 12.3. The number of hydrogen-bond acceptors (Lipinski definition) is 8. The number of aromatic nitrogens is 2. The van der Waals surface area contributed by atoms with Crippen molar-refractivity contribution in [3.05, 3.63) is 212 Å². The van der Waals surface area contributed by atoms with E-state index >= 15 is 0 Å². The zero-order chi connectivity index (χ0) is 65.0. The van der Waals surface area contributed by atoms with Crippen molar-refractivity contribution in [3.8, 4) is 23.0 Å². The Balaban J connectivity index is 1.02. The van der Waals surface area contributed by atoms with Gasteiger partial charge in [-0.05, 0) is 151 Å². The van der Waals surface area contributed by atoms with E-state index in [1.807, 2.05) is 0 Å². The third kappa shape index (κ3) is 14.9. The Morgan fingerprint density at radius 1 is 0.315 bits per heavy atom. The van der Waals surface area contributed by atoms with Gasteiger partial charge in [-0.25, -0.2) is 9.97 Å². The normalized spacial score (nSPS) is 13.0. The predicted molar refractivity (Wildman–Crippen MR) is 388 cm³/mol. The lowest BCUT2D eigenvalue weighted by Gasteiger charge is -2.29. The van der Waals surface area contributed by atoms with Gasteiger partial charge in [-0.2, -0.15) is 0 Å². The molecule has 0 amide bonds. The molecule has 11 rings (SSSR count). The highest BCUT2D eigenvalue weighted by Crippen LogP contribution is 2.45. The van der Waals surface area contributed by atoms with Gasteiger partial charge < -0.3 is 29.6 Å². The molecule has 480 valence electrons. The fraction of sp³-hybridized carbons (Fsp3) is 0.405. The van der Waals surface area contributed by atoms with Crippen molar-refractivity contribution in [1.82, 2.24) is 9.97 Å². The Morgan fingerprint density at radius 2 is 0.543 bits per heavy atom. The van der Waals surface area contributed by atoms with Gasteiger partial charge >= 0.3 is 0 Å². The highest BCUT2D eigenvalue weighted by atomic mass is 16.5. The lowest BCUT2D eigenvalue weighted by atomic mass is 9.79. The van der Waals surface area contributed by atoms with E-state index in [0.717, 1.165) is 130 Å². The molecule has 1 aliphatic carbocycles. The van der Waals surface area contributed by atoms with Crippen LogP contribution in [0.5, 0.6) is 23.0 Å². The number of ether oxygens (including phenoxy) is 4. The topological polar surface area (TPSA) is 86.8 Å². The Labute approximate surface area is 549 Å². The van der Waals surface area contributed by atoms with Crippen LogP contribution in [0.1, 0.15) is 202 Å². The van der Waals surface area contributed by atoms with Gasteiger partial charge in [0.2, 0.25) is 0 Å². The molecule has 8 heteroatoms. The van der Waals surface area contributed by atoms with E-state index in [0.29, 0.717) is 52.1 Å². The molecule has 0 aliphatic heterocycles. The van der Waals surface area contributed by atoms with Crippen molar-refractivity contribution in [3.63, 3.8) is 0 Å². The van der Waals surface area contributed by atoms with Gasteiger partial charge in [0.15, 0.2) is 0 Å². The second kappa shape index (κ2) is 27.6. The van der Waals surface area contributed by atoms with E-state index in [2.05, 4.69) is 253 Å². The molecule has 0 unspecified atom stereocenters. The SMILES string of the molecule is CCCOc1c2cc(C(C)(C)C)cc1Cc1cc(C(C)(C)C)cc(c1OCCCCNc1c3ccccc3nc3ccccc13)Cc1cc(C(C)(C)C)cc(c1OCCC)Cc1cc(C(C)(C)C)cc(c1OCCCCNc1c3ccccc3nc3ccccc13)C2. The third-order valence-corrected chi connectivity index (χ3v) is 18.3. The zero-order valence-electron chi connectivity index (χ0n) is 57.7. The Hall–Kier alpha value is -8.10. The summed E-state index contributed by atoms with van der Waals surface area (Å²) in [6.45, 7) is 36.5. The molecule has 2 heterocycles. The highest BCUT2D eigenvalue weighted by molar-refractivity contribution is 6.08. The van der Waals surface area contributed by atoms with Crippen molar-refractivity contribution in [1.29, 1.82) is 0 Å². The molecule has 8 bridgehead atoms. The molecule has 0 spiro atoms. The number of para-hydroxylation sites is 4. The molecule has 0 saturated carbocycles. The Bertz CT molecular complexity index is 3790. The molecule has 2 aromatic heterocycles. The van der Waals surface area contributed by atoms with Gasteiger partial charge in [-0.3, -0.25) is 0 Å². The number of rotatable bonds is 20. The quantitative estimate of drug-likeness (QED) is 0.0577. The molecule has 2 N–H and O–H groups in total. The van der Waals surface area contributed by atoms with E-state index in [4.69, 9.17) is 28.9 Å². The molecule has 0 fully saturated rings. The molecule has 10 aromatic rings. The third-order valence-electron chi connectivity index (χ3n) is 18.3. The van der Waals surface area contributed by atoms with Gasteiger partial charge in [0.1, 0.15) is 23.0 Å². The maximum atomic E-state index is 7.43. The molecular weight excluding hydrogens is 1130 g/mol. The molecule has 0 atom stereocenters. The van der Waals surface area contributed by atoms with Crippen LogP contribution in [-0.2, 0) is 47.3 Å². The maximum absolute atomic E-state index is 7.43. The van der Waals surface area contributed by atoms with Crippen molar-refractivity contribution >= 4 is 55.0 Å². The van der Waals surface area contributed by atoms with Gasteiger partial charge in [-0.15, -0.1) is 0 Å². The molecule has 0 radical (unpaired) electrons. The predicted octanol–water partition coefficient (Wildman–Crippen LogP) is 21.1. The number of pyridine rings is 2. The summed E-state index contributed by atoms with van der Waals surface area (Å²) in [6, 6.07) is 53.4. The molecule has 1 aliphatic rings. The number of nitrogens with zero attached hydrogens (tertiary/aromatic N) is 2. The lowest BCUT2D eigenvalue weighted by Crippen LogP contribution is -2.18. The van der Waals surface area contributed by atoms with E-state index in [1.165, 1.54) is 66.8 Å². The minimum absolute atomic E-state index is 0.153. The van der Waals surface area contributed by atoms with E-state index < -0.39 is 0 Å². The minimum atomic E-state index is -0.156. The molecule has 8 nitrogen and oxygen atoms in total. The first-order valence-corrected chi connectivity index (χ1v) is 34.2. The summed E-state index contributed by atoms with van der Waals surface area (Å²) >= 11 is 0. The summed E-state index contributed by atoms with van der Waals surface area (Å²) in [6.07, 6.45) is 7.89. The second-order valence-electron chi connectivity index (χ2n) is 29.9. The van der Waals surface area contributed by atoms with E-state index in [1.54, 1.807) is 0 Å². The highest BCUT2D eigenvalue weighted by Gasteiger charge is 2.30. The fourth-order valence-corrected chi connectivity index (χ4v) is 13.1. The molecular formula is C84H100N4O4. The minimum Gasteiger partial charge on any atom is -0.493 e. The number of benzene rings is 8. The number of unbranched alkanes of at least 4 members (excludes halogenated alkanes) is 2. The smallest absolute Gasteiger partial charge is 0.126 e. The summed E-state index contributed by atoms with van der Waals surface area (Å²) in [5.74, 6) is 3.86. The van der Waals surface area contributed by atoms with Gasteiger partial charge in [0.05, 0.1) is 59.9 Å². The van der Waals surface area contributed by atoms with Gasteiger partial charge in [0, 0.05) is 60.3 Å². The summed E-state index contributed by atoms with van der Waals surface area (Å²) in [4.78, 5) is 10.00. The summed E-state index contributed by atoms with van der Waals surface area (Å²) in [7, 11) is 0. The average Bonchev–Trinajstić information content (AvgIpc) is 0.790. The Kier molecular flexibility index (Phi) is 19.6. The standard InChI is InChI=1S/C84H100N4O4/c1-15-39-89-77-55-43-59-51-65(83(9,10)11)53-61(79(59)91-41-27-25-37-85-75-67-29-17-21-33-71(67)87-72-34-22-18-30-68(72)75)45-57-49-64(82(6,7)8)50-58(78(57)90-40-16-2)46-62-54-66(84(12,13)14)52-60(44-56(77)48-63(47-55)81(3,4)5)80(62)92-42-28-26-38-86-76-69-31-19-23-35-73(69)88-74-36-24-20-32-70(74)76/h17-24,29-36,47-54H,15-16,25-28,37-46H2,1-14H3,(H,85,87)(H,86,88). The summed E-state index contributed by atoms with van der Waals surface area (Å²) in [5.41, 5.74) is 20.2. The van der Waals surface area contributed by atoms with E-state index in [-0.39, 0.29) is 21.7 Å². The van der Waals surface area contributed by atoms with Crippen LogP contribution in [0.15, 0.2) is 146 Å². The van der Waals surface area contributed by atoms with Gasteiger partial charge in [0.25, 0.3) is 0 Å². The molecule has 8 aromatic carbocycles. The van der Waals surface area contributed by atoms with Crippen LogP contribution in [0.2, 0.25) is 0 Å². The first-order chi connectivity index (χ1) is 44.0. The van der Waals surface area contributed by atoms with Gasteiger partial charge in [-0.1, -0.05) is 218 Å². The fourth-order valence-electron chi connectivity index (χ4n) is 13.1. The van der Waals surface area contributed by atoms with Crippen LogP contribution < -0.4 is 29.6 Å². The van der Waals surface area contributed by atoms with Crippen LogP contribution in [0.25, 0.3) is 43.6 Å². The van der Waals surface area contributed by atoms with Crippen LogP contribution in [0.3, 0.4) is 0 Å². The number of nitrogens with one attached hydrogen (secondary N) is 2. The first kappa shape index (κ1) is 65.4. The second-order valence-corrected chi connectivity index (χ2v) is 29.9. The zero-order valence-corrected chi connectivity index (χ0v) is 57.7. The van der Waals surface area contributed by atoms with Crippen molar-refractivity contribution in [2.45, 2.75) is 183 Å². The molecule has 0 saturated heterocycles. The van der Waals surface area contributed by atoms with Crippen LogP contribution in [0, 0.1) is 0 Å². The number of anilines is 2. The summed E-state index contributed by atoms with van der Waals surface area (Å²) < 4.78 is 29.2. The number of hydrogen-bond donors (Lipinski definition) is 2. The maximum Gasteiger partial charge on any atom is 0.126 e. The van der Waals surface area contributed by atoms with Crippen molar-refractivity contribution in [2.24, 2.45) is 0 Å². The van der Waals surface area contributed by atoms with Crippen LogP contribution >= 0.6 is 0 Å². The monoisotopic (exact) mass is 1230 g/mol.